The van der Waals surface area contributed by atoms with Gasteiger partial charge in [-0.05, 0) is 19.0 Å². The van der Waals surface area contributed by atoms with Crippen molar-refractivity contribution in [2.75, 3.05) is 131 Å². The number of aliphatic carboxylic acids is 5. The fourth-order valence-corrected chi connectivity index (χ4v) is 6.28. The van der Waals surface area contributed by atoms with Crippen molar-refractivity contribution >= 4 is 47.9 Å². The Labute approximate surface area is 338 Å². The average molecular weight is 834 g/mol. The minimum Gasteiger partial charge on any atom is -0.480 e. The van der Waals surface area contributed by atoms with Gasteiger partial charge in [-0.25, -0.2) is 0 Å². The molecule has 2 rings (SSSR count). The maximum Gasteiger partial charge on any atom is 0.373 e. The molecule has 0 radical (unpaired) electrons. The van der Waals surface area contributed by atoms with E-state index in [2.05, 4.69) is 30.4 Å². The van der Waals surface area contributed by atoms with Gasteiger partial charge in [0.1, 0.15) is 0 Å². The van der Waals surface area contributed by atoms with Crippen LogP contribution in [0, 0.1) is 5.41 Å². The summed E-state index contributed by atoms with van der Waals surface area (Å²) in [6.45, 7) is 14.9. The molecule has 0 aromatic heterocycles. The number of cyclic esters (lactones) is 2. The standard InChI is InChI=1S/C19H30N4O9.C16H33N3O4.CO2/c24-15(25)11-20-1-3-21(12-16(26)27)5-7-23(14-9-18(30)32-19(31)10-14)8-6-22(4-2-20)13-17(28)29;1-6-18(12-15(22)23)9-10-19(13-16(2,3)4)8-7-17(5)11-14(20)21;2-1-3/h14H,1-13H2,(H,24,25)(H,26,27)(H,28,29);6-13H2,1-5H3,(H,20,21)(H,22,23);. The van der Waals surface area contributed by atoms with E-state index in [0.717, 1.165) is 19.6 Å². The van der Waals surface area contributed by atoms with E-state index >= 15 is 0 Å². The Morgan fingerprint density at radius 2 is 1.00 bits per heavy atom. The normalized spacial score (nSPS) is 17.2. The van der Waals surface area contributed by atoms with Crippen molar-refractivity contribution in [3.8, 4) is 0 Å². The molecule has 2 fully saturated rings. The molecule has 0 aromatic carbocycles. The zero-order valence-electron chi connectivity index (χ0n) is 34.4. The Bertz CT molecular complexity index is 1310. The van der Waals surface area contributed by atoms with Crippen molar-refractivity contribution in [2.45, 2.75) is 46.6 Å². The lowest BCUT2D eigenvalue weighted by Gasteiger charge is -2.37. The SMILES string of the molecule is CCN(CCN(CCN(C)CC(=O)O)CC(C)(C)C)CC(=O)O.O=C(O)CN1CCN(CC(=O)O)CCN(C2CC(=O)OC(=O)C2)CCN(CC(=O)O)CC1.O=C=O. The molecule has 58 heavy (non-hydrogen) atoms. The maximum atomic E-state index is 11.7. The summed E-state index contributed by atoms with van der Waals surface area (Å²) in [5.41, 5.74) is 0.134. The molecule has 0 saturated carbocycles. The van der Waals surface area contributed by atoms with Crippen LogP contribution in [-0.2, 0) is 47.9 Å². The minimum absolute atomic E-state index is 0.0238. The number of carbonyl (C=O) groups excluding carboxylic acids is 4. The number of likely N-dealkylation sites (N-methyl/N-ethyl adjacent to an activating group) is 2. The molecule has 0 aliphatic carbocycles. The first kappa shape index (κ1) is 53.6. The lowest BCUT2D eigenvalue weighted by molar-refractivity contribution is -0.192. The topological polar surface area (TPSA) is 287 Å². The first-order valence-electron chi connectivity index (χ1n) is 18.9. The van der Waals surface area contributed by atoms with Gasteiger partial charge in [-0.15, -0.1) is 0 Å². The summed E-state index contributed by atoms with van der Waals surface area (Å²) in [6, 6.07) is -0.409. The second-order valence-corrected chi connectivity index (χ2v) is 15.3. The van der Waals surface area contributed by atoms with E-state index in [0.29, 0.717) is 72.0 Å². The van der Waals surface area contributed by atoms with Gasteiger partial charge in [-0.2, -0.15) is 9.59 Å². The van der Waals surface area contributed by atoms with Gasteiger partial charge < -0.3 is 35.2 Å². The summed E-state index contributed by atoms with van der Waals surface area (Å²) in [7, 11) is 1.80. The smallest absolute Gasteiger partial charge is 0.373 e. The third-order valence-electron chi connectivity index (χ3n) is 8.94. The number of carboxylic acids is 5. The molecular weight excluding hydrogens is 770 g/mol. The van der Waals surface area contributed by atoms with Gasteiger partial charge in [-0.3, -0.25) is 63.0 Å². The van der Waals surface area contributed by atoms with E-state index in [-0.39, 0.29) is 57.1 Å². The van der Waals surface area contributed by atoms with E-state index in [4.69, 9.17) is 24.9 Å². The van der Waals surface area contributed by atoms with Gasteiger partial charge in [0, 0.05) is 91.1 Å². The number of carboxylic acid groups (broad SMARTS) is 5. The van der Waals surface area contributed by atoms with Crippen molar-refractivity contribution in [2.24, 2.45) is 5.41 Å². The molecule has 2 aliphatic rings. The highest BCUT2D eigenvalue weighted by atomic mass is 16.6. The highest BCUT2D eigenvalue weighted by Crippen LogP contribution is 2.17. The van der Waals surface area contributed by atoms with Crippen LogP contribution in [0.1, 0.15) is 40.5 Å². The van der Waals surface area contributed by atoms with Crippen molar-refractivity contribution in [3.05, 3.63) is 0 Å². The highest BCUT2D eigenvalue weighted by molar-refractivity contribution is 5.89. The third kappa shape index (κ3) is 28.1. The molecule has 22 heteroatoms. The monoisotopic (exact) mass is 833 g/mol. The lowest BCUT2D eigenvalue weighted by Crippen LogP contribution is -2.51. The predicted molar refractivity (Wildman–Crippen MR) is 204 cm³/mol. The maximum absolute atomic E-state index is 11.7. The quantitative estimate of drug-likeness (QED) is 0.0686. The number of carbonyl (C=O) groups is 7. The van der Waals surface area contributed by atoms with Crippen LogP contribution in [0.3, 0.4) is 0 Å². The van der Waals surface area contributed by atoms with Crippen LogP contribution in [0.4, 0.5) is 0 Å². The van der Waals surface area contributed by atoms with Gasteiger partial charge in [0.2, 0.25) is 0 Å². The Morgan fingerprint density at radius 1 is 0.638 bits per heavy atom. The first-order chi connectivity index (χ1) is 27.1. The molecule has 2 heterocycles. The van der Waals surface area contributed by atoms with Crippen LogP contribution in [0.25, 0.3) is 0 Å². The number of esters is 2. The molecule has 22 nitrogen and oxygen atoms in total. The molecule has 2 saturated heterocycles. The van der Waals surface area contributed by atoms with Crippen LogP contribution >= 0.6 is 0 Å². The zero-order valence-corrected chi connectivity index (χ0v) is 34.4. The van der Waals surface area contributed by atoms with Crippen LogP contribution in [0.2, 0.25) is 0 Å². The fraction of sp³-hybridized carbons (Fsp3) is 0.778. The fourth-order valence-electron chi connectivity index (χ4n) is 6.28. The van der Waals surface area contributed by atoms with E-state index in [1.165, 1.54) is 0 Å². The van der Waals surface area contributed by atoms with E-state index in [1.54, 1.807) is 26.6 Å². The largest absolute Gasteiger partial charge is 0.480 e. The van der Waals surface area contributed by atoms with Gasteiger partial charge in [-0.1, -0.05) is 27.7 Å². The van der Waals surface area contributed by atoms with Crippen molar-refractivity contribution in [3.63, 3.8) is 0 Å². The first-order valence-corrected chi connectivity index (χ1v) is 18.9. The molecule has 0 spiro atoms. The summed E-state index contributed by atoms with van der Waals surface area (Å²) in [6.07, 6.45) is 0.298. The van der Waals surface area contributed by atoms with Gasteiger partial charge >= 0.3 is 47.9 Å². The van der Waals surface area contributed by atoms with Crippen LogP contribution < -0.4 is 0 Å². The van der Waals surface area contributed by atoms with Gasteiger partial charge in [0.25, 0.3) is 0 Å². The molecular formula is C36H63N7O15. The summed E-state index contributed by atoms with van der Waals surface area (Å²) < 4.78 is 4.60. The molecule has 2 aliphatic heterocycles. The van der Waals surface area contributed by atoms with Crippen LogP contribution in [0.5, 0.6) is 0 Å². The number of rotatable bonds is 19. The zero-order chi connectivity index (χ0) is 44.4. The second-order valence-electron chi connectivity index (χ2n) is 15.3. The Hall–Kier alpha value is -4.41. The Kier molecular flexibility index (Phi) is 26.7. The van der Waals surface area contributed by atoms with Crippen molar-refractivity contribution < 1.29 is 73.4 Å². The third-order valence-corrected chi connectivity index (χ3v) is 8.94. The Morgan fingerprint density at radius 3 is 1.34 bits per heavy atom. The number of ether oxygens (including phenoxy) is 1. The summed E-state index contributed by atoms with van der Waals surface area (Å²) >= 11 is 0. The summed E-state index contributed by atoms with van der Waals surface area (Å²) in [5, 5.41) is 45.4. The van der Waals surface area contributed by atoms with Gasteiger partial charge in [0.05, 0.1) is 45.6 Å². The molecule has 0 atom stereocenters. The highest BCUT2D eigenvalue weighted by Gasteiger charge is 2.32. The number of hydrogen-bond donors (Lipinski definition) is 5. The number of nitrogens with zero attached hydrogens (tertiary/aromatic N) is 7. The van der Waals surface area contributed by atoms with E-state index in [9.17, 15) is 43.8 Å². The Balaban J connectivity index is 0.00000110. The van der Waals surface area contributed by atoms with Crippen LogP contribution in [-0.4, -0.2) is 245 Å². The van der Waals surface area contributed by atoms with Crippen molar-refractivity contribution in [1.82, 2.24) is 34.3 Å². The van der Waals surface area contributed by atoms with E-state index < -0.39 is 47.8 Å². The molecule has 0 aromatic rings. The van der Waals surface area contributed by atoms with Gasteiger partial charge in [0.15, 0.2) is 0 Å². The summed E-state index contributed by atoms with van der Waals surface area (Å²) in [4.78, 5) is 108. The predicted octanol–water partition coefficient (Wildman–Crippen LogP) is -2.13. The van der Waals surface area contributed by atoms with Crippen LogP contribution in [0.15, 0.2) is 0 Å². The molecule has 332 valence electrons. The molecule has 0 bridgehead atoms. The second kappa shape index (κ2) is 28.9. The molecule has 0 amide bonds. The van der Waals surface area contributed by atoms with E-state index in [1.807, 2.05) is 16.7 Å². The molecule has 5 N–H and O–H groups in total. The summed E-state index contributed by atoms with van der Waals surface area (Å²) in [5.74, 6) is -5.93. The lowest BCUT2D eigenvalue weighted by atomic mass is 9.96. The minimum atomic E-state index is -1.02. The number of hydrogen-bond acceptors (Lipinski definition) is 17. The van der Waals surface area contributed by atoms with Crippen molar-refractivity contribution in [1.29, 1.82) is 0 Å². The molecule has 0 unspecified atom stereocenters. The average Bonchev–Trinajstić information content (AvgIpc) is 3.07.